The fourth-order valence-corrected chi connectivity index (χ4v) is 5.19. The van der Waals surface area contributed by atoms with E-state index in [9.17, 15) is 9.59 Å². The van der Waals surface area contributed by atoms with E-state index >= 15 is 0 Å². The highest BCUT2D eigenvalue weighted by Crippen LogP contribution is 2.27. The van der Waals surface area contributed by atoms with Crippen LogP contribution in [0.5, 0.6) is 0 Å². The fraction of sp³-hybridized carbons (Fsp3) is 0.333. The second kappa shape index (κ2) is 11.3. The molecule has 2 amide bonds. The molecule has 0 radical (unpaired) electrons. The number of hydrogen-bond donors (Lipinski definition) is 4. The second-order valence-electron chi connectivity index (χ2n) is 9.83. The third-order valence-corrected chi connectivity index (χ3v) is 7.17. The molecule has 2 fully saturated rings. The van der Waals surface area contributed by atoms with Gasteiger partial charge in [0.2, 0.25) is 0 Å². The van der Waals surface area contributed by atoms with Gasteiger partial charge in [-0.15, -0.1) is 0 Å². The molecule has 0 aromatic heterocycles. The van der Waals surface area contributed by atoms with E-state index in [1.54, 1.807) is 0 Å². The van der Waals surface area contributed by atoms with Crippen LogP contribution in [0.4, 0.5) is 22.7 Å². The van der Waals surface area contributed by atoms with Crippen LogP contribution >= 0.6 is 0 Å². The number of nitrogens with one attached hydrogen (secondary N) is 4. The molecule has 0 aliphatic heterocycles. The summed E-state index contributed by atoms with van der Waals surface area (Å²) in [5.41, 5.74) is 4.62. The maximum Gasteiger partial charge on any atom is 0.253 e. The number of amides is 2. The summed E-state index contributed by atoms with van der Waals surface area (Å²) < 4.78 is 0. The first-order chi connectivity index (χ1) is 17.7. The minimum absolute atomic E-state index is 0.0317. The lowest BCUT2D eigenvalue weighted by atomic mass is 10.1. The Morgan fingerprint density at radius 1 is 0.528 bits per heavy atom. The van der Waals surface area contributed by atoms with Gasteiger partial charge < -0.3 is 21.3 Å². The third-order valence-electron chi connectivity index (χ3n) is 7.17. The monoisotopic (exact) mass is 482 g/mol. The Morgan fingerprint density at radius 3 is 1.28 bits per heavy atom. The summed E-state index contributed by atoms with van der Waals surface area (Å²) in [5.74, 6) is -0.0634. The second-order valence-corrected chi connectivity index (χ2v) is 9.83. The molecule has 0 heterocycles. The molecule has 5 rings (SSSR count). The van der Waals surface area contributed by atoms with E-state index in [0.717, 1.165) is 48.4 Å². The highest BCUT2D eigenvalue weighted by molar-refractivity contribution is 6.01. The number of para-hydroxylation sites is 2. The van der Waals surface area contributed by atoms with Crippen LogP contribution in [0.2, 0.25) is 0 Å². The highest BCUT2D eigenvalue weighted by Gasteiger charge is 2.21. The number of carbonyl (C=O) groups is 2. The van der Waals surface area contributed by atoms with Crippen LogP contribution in [0.1, 0.15) is 72.1 Å². The van der Waals surface area contributed by atoms with Crippen molar-refractivity contribution in [2.45, 2.75) is 63.5 Å². The van der Waals surface area contributed by atoms with Crippen molar-refractivity contribution in [1.82, 2.24) is 10.6 Å². The Kier molecular flexibility index (Phi) is 7.50. The van der Waals surface area contributed by atoms with Crippen LogP contribution in [0, 0.1) is 0 Å². The van der Waals surface area contributed by atoms with Gasteiger partial charge in [-0.3, -0.25) is 9.59 Å². The van der Waals surface area contributed by atoms with E-state index in [4.69, 9.17) is 0 Å². The summed E-state index contributed by atoms with van der Waals surface area (Å²) >= 11 is 0. The van der Waals surface area contributed by atoms with E-state index in [0.29, 0.717) is 11.1 Å². The van der Waals surface area contributed by atoms with Crippen molar-refractivity contribution in [2.24, 2.45) is 0 Å². The van der Waals surface area contributed by atoms with Gasteiger partial charge in [-0.05, 0) is 74.2 Å². The summed E-state index contributed by atoms with van der Waals surface area (Å²) in [6.45, 7) is 0. The Bertz CT molecular complexity index is 1100. The smallest absolute Gasteiger partial charge is 0.253 e. The summed E-state index contributed by atoms with van der Waals surface area (Å²) in [7, 11) is 0. The summed E-state index contributed by atoms with van der Waals surface area (Å²) in [6, 6.07) is 23.6. The van der Waals surface area contributed by atoms with Gasteiger partial charge in [0.25, 0.3) is 11.8 Å². The average Bonchev–Trinajstić information content (AvgIpc) is 3.60. The number of benzene rings is 3. The molecule has 0 unspecified atom stereocenters. The Labute approximate surface area is 212 Å². The maximum absolute atomic E-state index is 12.9. The van der Waals surface area contributed by atoms with Crippen LogP contribution in [-0.2, 0) is 0 Å². The van der Waals surface area contributed by atoms with E-state index in [1.807, 2.05) is 72.8 Å². The van der Waals surface area contributed by atoms with Gasteiger partial charge in [-0.1, -0.05) is 49.9 Å². The molecular weight excluding hydrogens is 448 g/mol. The quantitative estimate of drug-likeness (QED) is 0.295. The normalized spacial score (nSPS) is 16.0. The van der Waals surface area contributed by atoms with Crippen molar-refractivity contribution in [3.63, 3.8) is 0 Å². The first kappa shape index (κ1) is 23.9. The highest BCUT2D eigenvalue weighted by atomic mass is 16.2. The third kappa shape index (κ3) is 5.88. The average molecular weight is 483 g/mol. The Balaban J connectivity index is 1.25. The van der Waals surface area contributed by atoms with E-state index in [-0.39, 0.29) is 23.9 Å². The maximum atomic E-state index is 12.9. The van der Waals surface area contributed by atoms with Crippen molar-refractivity contribution in [3.05, 3.63) is 83.9 Å². The van der Waals surface area contributed by atoms with Gasteiger partial charge in [-0.25, -0.2) is 0 Å². The lowest BCUT2D eigenvalue weighted by Crippen LogP contribution is -2.32. The van der Waals surface area contributed by atoms with Crippen molar-refractivity contribution < 1.29 is 9.59 Å². The molecule has 3 aromatic rings. The molecule has 6 heteroatoms. The number of hydrogen-bond acceptors (Lipinski definition) is 4. The molecule has 0 saturated heterocycles. The van der Waals surface area contributed by atoms with Crippen molar-refractivity contribution in [2.75, 3.05) is 10.6 Å². The van der Waals surface area contributed by atoms with Gasteiger partial charge >= 0.3 is 0 Å². The molecule has 3 aromatic carbocycles. The van der Waals surface area contributed by atoms with Crippen molar-refractivity contribution in [3.8, 4) is 0 Å². The van der Waals surface area contributed by atoms with Gasteiger partial charge in [0, 0.05) is 23.5 Å². The molecule has 4 N–H and O–H groups in total. The molecule has 36 heavy (non-hydrogen) atoms. The largest absolute Gasteiger partial charge is 0.355 e. The fourth-order valence-electron chi connectivity index (χ4n) is 5.19. The SMILES string of the molecule is O=C(NC1CCCC1)c1ccccc1Nc1ccc(Nc2ccccc2C(=O)NC2CCCC2)cc1. The standard InChI is InChI=1S/C30H34N4O2/c35-29(33-21-9-1-2-10-21)25-13-5-7-15-27(25)31-23-17-19-24(20-18-23)32-28-16-8-6-14-26(28)30(36)34-22-11-3-4-12-22/h5-8,13-22,31-32H,1-4,9-12H2,(H,33,35)(H,34,36). The van der Waals surface area contributed by atoms with Crippen LogP contribution in [0.3, 0.4) is 0 Å². The minimum Gasteiger partial charge on any atom is -0.355 e. The van der Waals surface area contributed by atoms with E-state index < -0.39 is 0 Å². The zero-order valence-electron chi connectivity index (χ0n) is 20.6. The first-order valence-electron chi connectivity index (χ1n) is 13.1. The molecule has 0 atom stereocenters. The lowest BCUT2D eigenvalue weighted by Gasteiger charge is -2.17. The van der Waals surface area contributed by atoms with Crippen molar-refractivity contribution in [1.29, 1.82) is 0 Å². The molecule has 2 aliphatic rings. The molecule has 2 aliphatic carbocycles. The minimum atomic E-state index is -0.0317. The van der Waals surface area contributed by atoms with Gasteiger partial charge in [0.1, 0.15) is 0 Å². The molecule has 186 valence electrons. The van der Waals surface area contributed by atoms with Crippen LogP contribution in [-0.4, -0.2) is 23.9 Å². The Morgan fingerprint density at radius 2 is 0.889 bits per heavy atom. The summed E-state index contributed by atoms with van der Waals surface area (Å²) in [4.78, 5) is 25.7. The Hall–Kier alpha value is -3.80. The lowest BCUT2D eigenvalue weighted by molar-refractivity contribution is 0.0930. The zero-order chi connectivity index (χ0) is 24.7. The van der Waals surface area contributed by atoms with Crippen LogP contribution in [0.15, 0.2) is 72.8 Å². The topological polar surface area (TPSA) is 82.3 Å². The first-order valence-corrected chi connectivity index (χ1v) is 13.1. The zero-order valence-corrected chi connectivity index (χ0v) is 20.6. The predicted molar refractivity (Wildman–Crippen MR) is 145 cm³/mol. The summed E-state index contributed by atoms with van der Waals surface area (Å²) in [5, 5.41) is 13.1. The van der Waals surface area contributed by atoms with Crippen molar-refractivity contribution >= 4 is 34.6 Å². The molecule has 0 spiro atoms. The number of anilines is 4. The molecule has 0 bridgehead atoms. The van der Waals surface area contributed by atoms with Crippen LogP contribution in [0.25, 0.3) is 0 Å². The van der Waals surface area contributed by atoms with Gasteiger partial charge in [-0.2, -0.15) is 0 Å². The number of rotatable bonds is 8. The van der Waals surface area contributed by atoms with Crippen LogP contribution < -0.4 is 21.3 Å². The van der Waals surface area contributed by atoms with Gasteiger partial charge in [0.15, 0.2) is 0 Å². The predicted octanol–water partition coefficient (Wildman–Crippen LogP) is 6.52. The molecular formula is C30H34N4O2. The van der Waals surface area contributed by atoms with E-state index in [2.05, 4.69) is 21.3 Å². The van der Waals surface area contributed by atoms with E-state index in [1.165, 1.54) is 25.7 Å². The molecule has 2 saturated carbocycles. The number of carbonyl (C=O) groups excluding carboxylic acids is 2. The van der Waals surface area contributed by atoms with Gasteiger partial charge in [0.05, 0.1) is 22.5 Å². The summed E-state index contributed by atoms with van der Waals surface area (Å²) in [6.07, 6.45) is 8.95. The molecule has 6 nitrogen and oxygen atoms in total.